The van der Waals surface area contributed by atoms with Crippen LogP contribution >= 0.6 is 0 Å². The summed E-state index contributed by atoms with van der Waals surface area (Å²) in [5, 5.41) is 7.42. The van der Waals surface area contributed by atoms with Gasteiger partial charge in [0.1, 0.15) is 0 Å². The Labute approximate surface area is 90.1 Å². The maximum Gasteiger partial charge on any atom is 0.313 e. The van der Waals surface area contributed by atoms with Crippen LogP contribution in [0.15, 0.2) is 0 Å². The monoisotopic (exact) mass is 234 g/mol. The Kier molecular flexibility index (Phi) is 2.67. The third kappa shape index (κ3) is 1.53. The number of nitrogens with two attached hydrogens (primary N) is 2. The van der Waals surface area contributed by atoms with Crippen molar-refractivity contribution in [1.29, 1.82) is 5.41 Å². The van der Waals surface area contributed by atoms with E-state index in [9.17, 15) is 4.21 Å². The Morgan fingerprint density at radius 3 is 2.80 bits per heavy atom. The van der Waals surface area contributed by atoms with Crippen molar-refractivity contribution in [2.45, 2.75) is 18.8 Å². The molecule has 1 atom stereocenters. The molecule has 8 heteroatoms. The van der Waals surface area contributed by atoms with Crippen molar-refractivity contribution in [3.05, 3.63) is 0 Å². The highest BCUT2D eigenvalue weighted by Crippen LogP contribution is 2.42. The average molecular weight is 234 g/mol. The third-order valence-corrected chi connectivity index (χ3v) is 3.53. The van der Waals surface area contributed by atoms with E-state index in [0.717, 1.165) is 12.8 Å². The molecule has 2 rings (SSSR count). The first-order valence-corrected chi connectivity index (χ1v) is 5.72. The highest BCUT2D eigenvalue weighted by atomic mass is 32.2. The number of likely N-dealkylation sites (tertiary alicyclic amines) is 1. The molecular weight excluding hydrogens is 220 g/mol. The average Bonchev–Trinajstić information content (AvgIpc) is 2.15. The minimum Gasteiger partial charge on any atom is -0.370 e. The summed E-state index contributed by atoms with van der Waals surface area (Å²) in [7, 11) is 0. The van der Waals surface area contributed by atoms with Crippen LogP contribution in [0, 0.1) is 11.3 Å². The van der Waals surface area contributed by atoms with Gasteiger partial charge >= 0.3 is 11.4 Å². The first-order valence-electron chi connectivity index (χ1n) is 4.72. The van der Waals surface area contributed by atoms with Crippen molar-refractivity contribution >= 4 is 17.3 Å². The third-order valence-electron chi connectivity index (χ3n) is 2.78. The molecule has 0 aromatic rings. The largest absolute Gasteiger partial charge is 0.370 e. The van der Waals surface area contributed by atoms with Gasteiger partial charge in [-0.2, -0.15) is 4.21 Å². The van der Waals surface area contributed by atoms with Crippen LogP contribution in [0.5, 0.6) is 0 Å². The predicted molar refractivity (Wildman–Crippen MR) is 53.4 cm³/mol. The van der Waals surface area contributed by atoms with Crippen LogP contribution in [0.1, 0.15) is 12.8 Å². The minimum atomic E-state index is -1.74. The van der Waals surface area contributed by atoms with E-state index in [0.29, 0.717) is 13.1 Å². The molecule has 86 valence electrons. The lowest BCUT2D eigenvalue weighted by molar-refractivity contribution is -0.291. The van der Waals surface area contributed by atoms with Gasteiger partial charge in [-0.1, -0.05) is 0 Å². The molecule has 7 nitrogen and oxygen atoms in total. The smallest absolute Gasteiger partial charge is 0.313 e. The SMILES string of the molecule is N=C(N)N1CCCC(CN)C12OS(=O)O2. The maximum atomic E-state index is 10.9. The topological polar surface area (TPSA) is 115 Å². The molecule has 0 aliphatic carbocycles. The summed E-state index contributed by atoms with van der Waals surface area (Å²) in [5.74, 6) is -1.42. The maximum absolute atomic E-state index is 10.9. The van der Waals surface area contributed by atoms with Crippen molar-refractivity contribution in [2.24, 2.45) is 17.4 Å². The second-order valence-electron chi connectivity index (χ2n) is 3.61. The Morgan fingerprint density at radius 2 is 2.33 bits per heavy atom. The number of nitrogens with one attached hydrogen (secondary N) is 1. The zero-order chi connectivity index (χ0) is 11.1. The first-order chi connectivity index (χ1) is 7.10. The zero-order valence-electron chi connectivity index (χ0n) is 8.14. The summed E-state index contributed by atoms with van der Waals surface area (Å²) in [6.07, 6.45) is 1.68. The highest BCUT2D eigenvalue weighted by molar-refractivity contribution is 7.76. The summed E-state index contributed by atoms with van der Waals surface area (Å²) in [6.45, 7) is 0.907. The van der Waals surface area contributed by atoms with Gasteiger partial charge < -0.3 is 11.5 Å². The molecule has 0 aromatic carbocycles. The van der Waals surface area contributed by atoms with E-state index in [2.05, 4.69) is 0 Å². The quantitative estimate of drug-likeness (QED) is 0.389. The molecule has 0 aromatic heterocycles. The van der Waals surface area contributed by atoms with Crippen molar-refractivity contribution in [3.63, 3.8) is 0 Å². The van der Waals surface area contributed by atoms with Gasteiger partial charge in [-0.3, -0.25) is 10.3 Å². The molecule has 1 unspecified atom stereocenters. The van der Waals surface area contributed by atoms with Crippen LogP contribution < -0.4 is 11.5 Å². The number of hydrogen-bond acceptors (Lipinski definition) is 5. The molecular formula is C7H14N4O3S. The molecule has 0 saturated carbocycles. The van der Waals surface area contributed by atoms with Gasteiger partial charge in [-0.15, -0.1) is 0 Å². The Morgan fingerprint density at radius 1 is 1.67 bits per heavy atom. The number of rotatable bonds is 1. The molecule has 1 spiro atoms. The molecule has 2 aliphatic rings. The normalized spacial score (nSPS) is 40.2. The zero-order valence-corrected chi connectivity index (χ0v) is 8.96. The number of nitrogens with zero attached hydrogens (tertiary/aromatic N) is 1. The number of hydrogen-bond donors (Lipinski definition) is 3. The van der Waals surface area contributed by atoms with Gasteiger partial charge in [0.2, 0.25) is 0 Å². The highest BCUT2D eigenvalue weighted by Gasteiger charge is 2.59. The molecule has 15 heavy (non-hydrogen) atoms. The number of piperidine rings is 1. The second kappa shape index (κ2) is 3.71. The van der Waals surface area contributed by atoms with E-state index < -0.39 is 17.3 Å². The van der Waals surface area contributed by atoms with Crippen molar-refractivity contribution in [3.8, 4) is 0 Å². The molecule has 0 amide bonds. The summed E-state index contributed by atoms with van der Waals surface area (Å²) in [6, 6.07) is 0. The van der Waals surface area contributed by atoms with Crippen molar-refractivity contribution in [2.75, 3.05) is 13.1 Å². The van der Waals surface area contributed by atoms with Crippen LogP contribution in [0.4, 0.5) is 0 Å². The van der Waals surface area contributed by atoms with Crippen LogP contribution in [0.2, 0.25) is 0 Å². The van der Waals surface area contributed by atoms with Crippen LogP contribution in [0.3, 0.4) is 0 Å². The Balaban J connectivity index is 2.24. The molecule has 0 radical (unpaired) electrons. The van der Waals surface area contributed by atoms with E-state index in [1.807, 2.05) is 0 Å². The van der Waals surface area contributed by atoms with E-state index in [4.69, 9.17) is 25.2 Å². The molecule has 2 heterocycles. The van der Waals surface area contributed by atoms with E-state index in [1.54, 1.807) is 0 Å². The predicted octanol–water partition coefficient (Wildman–Crippen LogP) is -1.17. The minimum absolute atomic E-state index is 0.104. The summed E-state index contributed by atoms with van der Waals surface area (Å²) < 4.78 is 21.1. The van der Waals surface area contributed by atoms with Crippen molar-refractivity contribution < 1.29 is 12.6 Å². The van der Waals surface area contributed by atoms with Gasteiger partial charge in [-0.05, 0) is 12.8 Å². The first kappa shape index (κ1) is 10.8. The lowest BCUT2D eigenvalue weighted by atomic mass is 9.93. The molecule has 0 bridgehead atoms. The van der Waals surface area contributed by atoms with Gasteiger partial charge in [0.25, 0.3) is 5.91 Å². The van der Waals surface area contributed by atoms with Crippen LogP contribution in [0.25, 0.3) is 0 Å². The Bertz CT molecular complexity index is 303. The fourth-order valence-electron chi connectivity index (χ4n) is 2.04. The molecule has 5 N–H and O–H groups in total. The van der Waals surface area contributed by atoms with Gasteiger partial charge in [-0.25, -0.2) is 8.37 Å². The van der Waals surface area contributed by atoms with E-state index in [1.165, 1.54) is 4.90 Å². The van der Waals surface area contributed by atoms with Gasteiger partial charge in [0, 0.05) is 19.0 Å². The fourth-order valence-corrected chi connectivity index (χ4v) is 2.89. The van der Waals surface area contributed by atoms with E-state index >= 15 is 0 Å². The second-order valence-corrected chi connectivity index (χ2v) is 4.35. The van der Waals surface area contributed by atoms with Crippen LogP contribution in [-0.2, 0) is 19.7 Å². The van der Waals surface area contributed by atoms with E-state index in [-0.39, 0.29) is 11.9 Å². The fraction of sp³-hybridized carbons (Fsp3) is 0.857. The molecule has 2 aliphatic heterocycles. The van der Waals surface area contributed by atoms with Gasteiger partial charge in [0.15, 0.2) is 5.96 Å². The standard InChI is InChI=1S/C7H14N4O3S/c8-4-5-2-1-3-11(6(9)10)7(5)13-15(12)14-7/h5H,1-4,8H2,(H3,9,10). The van der Waals surface area contributed by atoms with Crippen molar-refractivity contribution in [1.82, 2.24) is 4.90 Å². The summed E-state index contributed by atoms with van der Waals surface area (Å²) in [4.78, 5) is 1.47. The molecule has 2 fully saturated rings. The van der Waals surface area contributed by atoms with Crippen LogP contribution in [-0.4, -0.2) is 34.1 Å². The Hall–Kier alpha value is -0.700. The lowest BCUT2D eigenvalue weighted by Gasteiger charge is -2.52. The van der Waals surface area contributed by atoms with Gasteiger partial charge in [0.05, 0.1) is 0 Å². The summed E-state index contributed by atoms with van der Waals surface area (Å²) in [5.41, 5.74) is 11.0. The molecule has 2 saturated heterocycles. The summed E-state index contributed by atoms with van der Waals surface area (Å²) >= 11 is -1.74. The lowest BCUT2D eigenvalue weighted by Crippen LogP contribution is -2.70. The number of guanidine groups is 1.